The van der Waals surface area contributed by atoms with Gasteiger partial charge in [0, 0.05) is 0 Å². The molecule has 0 saturated carbocycles. The van der Waals surface area contributed by atoms with Crippen LogP contribution in [0.1, 0.15) is 59.6 Å². The Bertz CT molecular complexity index is 545. The highest BCUT2D eigenvalue weighted by molar-refractivity contribution is 5.73. The van der Waals surface area contributed by atoms with E-state index >= 15 is 0 Å². The summed E-state index contributed by atoms with van der Waals surface area (Å²) in [5, 5.41) is 0. The average molecular weight is 353 g/mol. The second-order valence-electron chi connectivity index (χ2n) is 4.36. The summed E-state index contributed by atoms with van der Waals surface area (Å²) in [7, 11) is 0. The third-order valence-corrected chi connectivity index (χ3v) is 2.77. The lowest BCUT2D eigenvalue weighted by molar-refractivity contribution is 1.48. The molecule has 0 radical (unpaired) electrons. The Kier molecular flexibility index (Phi) is 27.3. The van der Waals surface area contributed by atoms with Crippen molar-refractivity contribution in [2.45, 2.75) is 55.4 Å². The first kappa shape index (κ1) is 28.5. The summed E-state index contributed by atoms with van der Waals surface area (Å²) in [5.74, 6) is 0. The molecule has 0 amide bonds. The summed E-state index contributed by atoms with van der Waals surface area (Å²) >= 11 is 0. The number of aryl methyl sites for hydroxylation is 1. The molecule has 144 valence electrons. The fraction of sp³-hybridized carbons (Fsp3) is 0.308. The molecule has 0 aliphatic carbocycles. The van der Waals surface area contributed by atoms with Crippen molar-refractivity contribution < 1.29 is 0 Å². The Hall–Kier alpha value is -2.34. The van der Waals surface area contributed by atoms with Gasteiger partial charge in [-0.25, -0.2) is 0 Å². The lowest BCUT2D eigenvalue weighted by atomic mass is 10.1. The van der Waals surface area contributed by atoms with Gasteiger partial charge in [0.05, 0.1) is 0 Å². The number of hydrogen-bond acceptors (Lipinski definition) is 0. The Balaban J connectivity index is -0.000000343. The zero-order valence-electron chi connectivity index (χ0n) is 18.3. The summed E-state index contributed by atoms with van der Waals surface area (Å²) in [6.07, 6.45) is 7.88. The van der Waals surface area contributed by atoms with Gasteiger partial charge in [-0.15, -0.1) is 0 Å². The summed E-state index contributed by atoms with van der Waals surface area (Å²) in [4.78, 5) is 0. The molecule has 0 N–H and O–H groups in total. The van der Waals surface area contributed by atoms with Crippen molar-refractivity contribution in [3.8, 4) is 0 Å². The normalized spacial score (nSPS) is 9.00. The van der Waals surface area contributed by atoms with E-state index in [9.17, 15) is 0 Å². The fourth-order valence-electron chi connectivity index (χ4n) is 1.70. The molecule has 0 atom stereocenters. The standard InChI is InChI=1S/C13H14.C7H8.3C2H6/c1-3-5-9-12(4-2)13-10-7-6-8-11-13;1-7-5-3-2-4-6-7;3*1-2/h3-11H,1H2,2H3;2-6H,1H3;3*1-2H3/b9-5-,12-4+;;;;. The Morgan fingerprint density at radius 3 is 1.46 bits per heavy atom. The van der Waals surface area contributed by atoms with Crippen molar-refractivity contribution in [3.05, 3.63) is 103 Å². The molecule has 2 rings (SSSR count). The van der Waals surface area contributed by atoms with Crippen molar-refractivity contribution in [3.63, 3.8) is 0 Å². The van der Waals surface area contributed by atoms with E-state index in [0.29, 0.717) is 0 Å². The topological polar surface area (TPSA) is 0 Å². The minimum atomic E-state index is 1.22. The quantitative estimate of drug-likeness (QED) is 0.484. The highest BCUT2D eigenvalue weighted by Gasteiger charge is 1.92. The van der Waals surface area contributed by atoms with Gasteiger partial charge >= 0.3 is 0 Å². The molecular formula is C26H40. The number of benzene rings is 2. The van der Waals surface area contributed by atoms with Crippen LogP contribution in [0.15, 0.2) is 91.5 Å². The molecule has 0 saturated heterocycles. The van der Waals surface area contributed by atoms with E-state index in [2.05, 4.69) is 49.9 Å². The Labute approximate surface area is 164 Å². The number of hydrogen-bond donors (Lipinski definition) is 0. The van der Waals surface area contributed by atoms with E-state index in [1.54, 1.807) is 6.08 Å². The Morgan fingerprint density at radius 1 is 0.731 bits per heavy atom. The van der Waals surface area contributed by atoms with Gasteiger partial charge in [-0.05, 0) is 25.0 Å². The van der Waals surface area contributed by atoms with Gasteiger partial charge < -0.3 is 0 Å². The van der Waals surface area contributed by atoms with Gasteiger partial charge in [0.1, 0.15) is 0 Å². The van der Waals surface area contributed by atoms with Crippen LogP contribution in [0.25, 0.3) is 5.57 Å². The first-order valence-electron chi connectivity index (χ1n) is 9.80. The van der Waals surface area contributed by atoms with Crippen LogP contribution in [0.4, 0.5) is 0 Å². The number of allylic oxidation sites excluding steroid dienone is 5. The Morgan fingerprint density at radius 2 is 1.15 bits per heavy atom. The molecule has 2 aromatic rings. The molecule has 0 aliphatic heterocycles. The minimum Gasteiger partial charge on any atom is -0.0991 e. The van der Waals surface area contributed by atoms with Crippen molar-refractivity contribution >= 4 is 5.57 Å². The molecule has 2 aromatic carbocycles. The molecule has 0 unspecified atom stereocenters. The molecule has 0 heteroatoms. The van der Waals surface area contributed by atoms with Crippen LogP contribution in [-0.4, -0.2) is 0 Å². The fourth-order valence-corrected chi connectivity index (χ4v) is 1.70. The summed E-state index contributed by atoms with van der Waals surface area (Å²) in [6.45, 7) is 19.8. The van der Waals surface area contributed by atoms with Crippen LogP contribution in [0.3, 0.4) is 0 Å². The molecule has 0 nitrogen and oxygen atoms in total. The lowest BCUT2D eigenvalue weighted by Gasteiger charge is -1.99. The maximum atomic E-state index is 3.65. The average Bonchev–Trinajstić information content (AvgIpc) is 2.75. The molecule has 0 spiro atoms. The zero-order valence-corrected chi connectivity index (χ0v) is 18.3. The predicted octanol–water partition coefficient (Wildman–Crippen LogP) is 8.91. The van der Waals surface area contributed by atoms with Crippen LogP contribution in [0.5, 0.6) is 0 Å². The van der Waals surface area contributed by atoms with Gasteiger partial charge in [0.2, 0.25) is 0 Å². The summed E-state index contributed by atoms with van der Waals surface area (Å²) in [5.41, 5.74) is 3.78. The van der Waals surface area contributed by atoms with E-state index in [1.807, 2.05) is 90.9 Å². The highest BCUT2D eigenvalue weighted by atomic mass is 14.0. The largest absolute Gasteiger partial charge is 0.0991 e. The van der Waals surface area contributed by atoms with Gasteiger partial charge in [0.25, 0.3) is 0 Å². The first-order chi connectivity index (χ1) is 12.8. The van der Waals surface area contributed by atoms with E-state index in [1.165, 1.54) is 16.7 Å². The summed E-state index contributed by atoms with van der Waals surface area (Å²) in [6, 6.07) is 20.6. The molecule has 0 fully saturated rings. The van der Waals surface area contributed by atoms with Crippen molar-refractivity contribution in [2.75, 3.05) is 0 Å². The van der Waals surface area contributed by atoms with Crippen LogP contribution in [0.2, 0.25) is 0 Å². The predicted molar refractivity (Wildman–Crippen MR) is 125 cm³/mol. The van der Waals surface area contributed by atoms with Crippen LogP contribution in [-0.2, 0) is 0 Å². The minimum absolute atomic E-state index is 1.22. The lowest BCUT2D eigenvalue weighted by Crippen LogP contribution is -1.77. The van der Waals surface area contributed by atoms with Crippen LogP contribution >= 0.6 is 0 Å². The molecule has 26 heavy (non-hydrogen) atoms. The van der Waals surface area contributed by atoms with Crippen molar-refractivity contribution in [1.29, 1.82) is 0 Å². The smallest absolute Gasteiger partial charge is 0.0187 e. The van der Waals surface area contributed by atoms with E-state index in [-0.39, 0.29) is 0 Å². The SMILES string of the molecule is C=C/C=C\C(=C/C)c1ccccc1.CC.CC.CC.Cc1ccccc1. The summed E-state index contributed by atoms with van der Waals surface area (Å²) < 4.78 is 0. The maximum Gasteiger partial charge on any atom is -0.0187 e. The third-order valence-electron chi connectivity index (χ3n) is 2.77. The molecule has 0 heterocycles. The monoisotopic (exact) mass is 352 g/mol. The number of rotatable bonds is 3. The molecule has 0 aromatic heterocycles. The second-order valence-corrected chi connectivity index (χ2v) is 4.36. The van der Waals surface area contributed by atoms with Gasteiger partial charge in [-0.3, -0.25) is 0 Å². The van der Waals surface area contributed by atoms with E-state index in [0.717, 1.165) is 0 Å². The second kappa shape index (κ2) is 24.9. The van der Waals surface area contributed by atoms with Crippen LogP contribution < -0.4 is 0 Å². The zero-order chi connectivity index (χ0) is 20.6. The first-order valence-corrected chi connectivity index (χ1v) is 9.80. The third kappa shape index (κ3) is 16.5. The maximum absolute atomic E-state index is 3.65. The van der Waals surface area contributed by atoms with E-state index < -0.39 is 0 Å². The highest BCUT2D eigenvalue weighted by Crippen LogP contribution is 2.14. The van der Waals surface area contributed by atoms with E-state index in [4.69, 9.17) is 0 Å². The molecular weight excluding hydrogens is 312 g/mol. The van der Waals surface area contributed by atoms with Gasteiger partial charge in [0.15, 0.2) is 0 Å². The van der Waals surface area contributed by atoms with Crippen molar-refractivity contribution in [1.82, 2.24) is 0 Å². The van der Waals surface area contributed by atoms with Gasteiger partial charge in [-0.1, -0.05) is 139 Å². The molecule has 0 bridgehead atoms. The van der Waals surface area contributed by atoms with Crippen LogP contribution in [0, 0.1) is 6.92 Å². The molecule has 0 aliphatic rings. The van der Waals surface area contributed by atoms with Gasteiger partial charge in [-0.2, -0.15) is 0 Å². The van der Waals surface area contributed by atoms with Crippen molar-refractivity contribution in [2.24, 2.45) is 0 Å².